The van der Waals surface area contributed by atoms with Crippen LogP contribution in [0.5, 0.6) is 0 Å². The Bertz CT molecular complexity index is 1010. The van der Waals surface area contributed by atoms with Crippen LogP contribution in [-0.4, -0.2) is 40.1 Å². The average molecular weight is 349 g/mol. The van der Waals surface area contributed by atoms with Crippen LogP contribution in [0.4, 0.5) is 0 Å². The molecule has 0 radical (unpaired) electrons. The summed E-state index contributed by atoms with van der Waals surface area (Å²) in [5.41, 5.74) is -0.521. The number of carbonyl (C=O) groups excluding carboxylic acids is 1. The van der Waals surface area contributed by atoms with E-state index in [-0.39, 0.29) is 10.9 Å². The summed E-state index contributed by atoms with van der Waals surface area (Å²) in [4.78, 5) is 20.6. The van der Waals surface area contributed by atoms with Crippen LogP contribution >= 0.6 is 0 Å². The number of carbonyl (C=O) groups is 1. The van der Waals surface area contributed by atoms with Gasteiger partial charge in [0, 0.05) is 12.5 Å². The third-order valence-electron chi connectivity index (χ3n) is 3.41. The van der Waals surface area contributed by atoms with Crippen LogP contribution in [0.2, 0.25) is 0 Å². The van der Waals surface area contributed by atoms with E-state index in [4.69, 9.17) is 4.52 Å². The van der Waals surface area contributed by atoms with Crippen LogP contribution in [0, 0.1) is 0 Å². The Kier molecular flexibility index (Phi) is 3.63. The molecule has 0 aromatic carbocycles. The molecule has 0 aliphatic heterocycles. The predicted molar refractivity (Wildman–Crippen MR) is 83.1 cm³/mol. The molecule has 0 aliphatic carbocycles. The van der Waals surface area contributed by atoms with Crippen LogP contribution in [-0.2, 0) is 15.4 Å². The van der Waals surface area contributed by atoms with Crippen molar-refractivity contribution in [1.29, 1.82) is 0 Å². The van der Waals surface area contributed by atoms with Gasteiger partial charge in [0.05, 0.1) is 11.1 Å². The minimum absolute atomic E-state index is 0.00703. The number of sulfone groups is 1. The molecule has 0 spiro atoms. The van der Waals surface area contributed by atoms with Crippen molar-refractivity contribution in [2.45, 2.75) is 24.5 Å². The quantitative estimate of drug-likeness (QED) is 0.739. The number of hydrogen-bond donors (Lipinski definition) is 1. The summed E-state index contributed by atoms with van der Waals surface area (Å²) in [7, 11) is -3.60. The summed E-state index contributed by atoms with van der Waals surface area (Å²) in [6.45, 7) is 3.40. The maximum atomic E-state index is 12.6. The van der Waals surface area contributed by atoms with Crippen molar-refractivity contribution in [2.75, 3.05) is 6.26 Å². The van der Waals surface area contributed by atoms with Gasteiger partial charge in [-0.1, -0.05) is 11.2 Å². The lowest BCUT2D eigenvalue weighted by molar-refractivity contribution is 0.0904. The van der Waals surface area contributed by atoms with E-state index in [0.29, 0.717) is 11.3 Å². The number of pyridine rings is 1. The topological polar surface area (TPSA) is 119 Å². The Hall–Kier alpha value is -2.75. The van der Waals surface area contributed by atoms with Crippen LogP contribution in [0.1, 0.15) is 30.2 Å². The average Bonchev–Trinajstić information content (AvgIpc) is 3.14. The van der Waals surface area contributed by atoms with E-state index >= 15 is 0 Å². The molecule has 3 heterocycles. The van der Waals surface area contributed by atoms with E-state index in [1.54, 1.807) is 38.2 Å². The van der Waals surface area contributed by atoms with Gasteiger partial charge in [-0.05, 0) is 26.0 Å². The van der Waals surface area contributed by atoms with Gasteiger partial charge in [-0.2, -0.15) is 4.98 Å². The lowest BCUT2D eigenvalue weighted by Crippen LogP contribution is -2.42. The van der Waals surface area contributed by atoms with E-state index in [1.165, 1.54) is 4.40 Å². The fourth-order valence-electron chi connectivity index (χ4n) is 2.28. The summed E-state index contributed by atoms with van der Waals surface area (Å²) in [6, 6.07) is 4.98. The highest BCUT2D eigenvalue weighted by molar-refractivity contribution is 7.90. The first-order chi connectivity index (χ1) is 11.2. The van der Waals surface area contributed by atoms with Gasteiger partial charge in [0.2, 0.25) is 21.4 Å². The van der Waals surface area contributed by atoms with E-state index in [9.17, 15) is 13.2 Å². The van der Waals surface area contributed by atoms with Crippen molar-refractivity contribution in [3.05, 3.63) is 42.3 Å². The smallest absolute Gasteiger partial charge is 0.272 e. The highest BCUT2D eigenvalue weighted by atomic mass is 32.2. The Morgan fingerprint density at radius 3 is 2.71 bits per heavy atom. The first-order valence-electron chi connectivity index (χ1n) is 6.96. The lowest BCUT2D eigenvalue weighted by atomic mass is 10.0. The molecule has 0 saturated carbocycles. The van der Waals surface area contributed by atoms with E-state index in [1.807, 2.05) is 0 Å². The molecule has 0 fully saturated rings. The first-order valence-corrected chi connectivity index (χ1v) is 8.86. The van der Waals surface area contributed by atoms with Gasteiger partial charge in [0.15, 0.2) is 11.5 Å². The van der Waals surface area contributed by atoms with Gasteiger partial charge in [-0.15, -0.1) is 0 Å². The van der Waals surface area contributed by atoms with Crippen molar-refractivity contribution in [1.82, 2.24) is 24.8 Å². The number of rotatable bonds is 4. The fraction of sp³-hybridized carbons (Fsp3) is 0.286. The van der Waals surface area contributed by atoms with Gasteiger partial charge >= 0.3 is 0 Å². The molecule has 3 aromatic heterocycles. The maximum absolute atomic E-state index is 12.6. The molecule has 0 atom stereocenters. The molecule has 24 heavy (non-hydrogen) atoms. The van der Waals surface area contributed by atoms with E-state index in [2.05, 4.69) is 20.4 Å². The Morgan fingerprint density at radius 1 is 1.33 bits per heavy atom. The molecule has 0 aliphatic rings. The first kappa shape index (κ1) is 16.1. The third kappa shape index (κ3) is 2.75. The second-order valence-corrected chi connectivity index (χ2v) is 7.71. The predicted octanol–water partition coefficient (Wildman–Crippen LogP) is 0.786. The monoisotopic (exact) mass is 349 g/mol. The minimum atomic E-state index is -3.60. The number of nitrogens with zero attached hydrogens (tertiary/aromatic N) is 4. The highest BCUT2D eigenvalue weighted by Gasteiger charge is 2.30. The van der Waals surface area contributed by atoms with Crippen molar-refractivity contribution in [3.8, 4) is 0 Å². The van der Waals surface area contributed by atoms with Crippen molar-refractivity contribution in [3.63, 3.8) is 0 Å². The Labute approximate surface area is 137 Å². The second-order valence-electron chi connectivity index (χ2n) is 5.80. The molecule has 126 valence electrons. The summed E-state index contributed by atoms with van der Waals surface area (Å²) < 4.78 is 29.9. The summed E-state index contributed by atoms with van der Waals surface area (Å²) in [5.74, 6) is -0.244. The number of fused-ring (bicyclic) bond motifs is 1. The second kappa shape index (κ2) is 5.41. The number of nitrogens with one attached hydrogen (secondary N) is 1. The Balaban J connectivity index is 2.05. The molecule has 0 saturated heterocycles. The Morgan fingerprint density at radius 2 is 2.08 bits per heavy atom. The largest absolute Gasteiger partial charge is 0.343 e. The third-order valence-corrected chi connectivity index (χ3v) is 4.36. The van der Waals surface area contributed by atoms with Crippen molar-refractivity contribution < 1.29 is 17.7 Å². The fourth-order valence-corrected chi connectivity index (χ4v) is 3.06. The van der Waals surface area contributed by atoms with Gasteiger partial charge in [-0.25, -0.2) is 13.4 Å². The maximum Gasteiger partial charge on any atom is 0.272 e. The molecular formula is C14H15N5O4S. The zero-order valence-corrected chi connectivity index (χ0v) is 14.0. The van der Waals surface area contributed by atoms with Crippen molar-refractivity contribution >= 4 is 21.3 Å². The van der Waals surface area contributed by atoms with Crippen LogP contribution in [0.3, 0.4) is 0 Å². The van der Waals surface area contributed by atoms with Crippen LogP contribution in [0.15, 0.2) is 40.5 Å². The van der Waals surface area contributed by atoms with E-state index < -0.39 is 21.3 Å². The van der Waals surface area contributed by atoms with Crippen molar-refractivity contribution in [2.24, 2.45) is 0 Å². The number of amides is 1. The number of hydrogen-bond acceptors (Lipinski definition) is 7. The van der Waals surface area contributed by atoms with Crippen LogP contribution in [0.25, 0.3) is 5.52 Å². The molecule has 0 unspecified atom stereocenters. The molecule has 3 rings (SSSR count). The van der Waals surface area contributed by atoms with Gasteiger partial charge in [0.1, 0.15) is 0 Å². The normalized spacial score (nSPS) is 12.5. The zero-order chi connectivity index (χ0) is 17.5. The van der Waals surface area contributed by atoms with Gasteiger partial charge < -0.3 is 9.84 Å². The molecule has 9 nitrogen and oxygen atoms in total. The van der Waals surface area contributed by atoms with Gasteiger partial charge in [0.25, 0.3) is 5.91 Å². The molecule has 1 amide bonds. The van der Waals surface area contributed by atoms with Crippen LogP contribution < -0.4 is 5.32 Å². The lowest BCUT2D eigenvalue weighted by Gasteiger charge is -2.21. The number of imidazole rings is 1. The standard InChI is InChI=1S/C14H15N5O4S/c1-14(2,12-15-8-23-18-12)17-11(20)10-9-6-4-5-7-19(9)13(16-10)24(3,21)22/h4-8H,1-3H3,(H,17,20). The zero-order valence-electron chi connectivity index (χ0n) is 13.2. The molecule has 10 heteroatoms. The summed E-state index contributed by atoms with van der Waals surface area (Å²) in [6.07, 6.45) is 3.75. The SMILES string of the molecule is CC(C)(NC(=O)c1nc(S(C)(=O)=O)n2ccccc12)c1ncon1. The molecule has 1 N–H and O–H groups in total. The number of aromatic nitrogens is 4. The highest BCUT2D eigenvalue weighted by Crippen LogP contribution is 2.20. The molecular weight excluding hydrogens is 334 g/mol. The molecule has 3 aromatic rings. The van der Waals surface area contributed by atoms with Gasteiger partial charge in [-0.3, -0.25) is 9.20 Å². The summed E-state index contributed by atoms with van der Waals surface area (Å²) >= 11 is 0. The van der Waals surface area contributed by atoms with E-state index in [0.717, 1.165) is 12.6 Å². The summed E-state index contributed by atoms with van der Waals surface area (Å²) in [5, 5.41) is 6.26. The minimum Gasteiger partial charge on any atom is -0.343 e. The molecule has 0 bridgehead atoms.